The van der Waals surface area contributed by atoms with Gasteiger partial charge in [0.05, 0.1) is 12.9 Å². The number of hydrogen-bond acceptors (Lipinski definition) is 3. The fraction of sp³-hybridized carbons (Fsp3) is 0.889. The predicted octanol–water partition coefficient (Wildman–Crippen LogP) is 3.70. The van der Waals surface area contributed by atoms with Crippen LogP contribution in [0.15, 0.2) is 11.8 Å². The maximum Gasteiger partial charge on any atom is 0.0876 e. The van der Waals surface area contributed by atoms with Gasteiger partial charge in [-0.25, -0.2) is 0 Å². The first-order valence-electron chi connectivity index (χ1n) is 9.07. The molecule has 0 saturated carbocycles. The number of rotatable bonds is 8. The van der Waals surface area contributed by atoms with Crippen molar-refractivity contribution in [1.29, 1.82) is 0 Å². The second kappa shape index (κ2) is 8.19. The molecule has 3 heteroatoms. The van der Waals surface area contributed by atoms with E-state index in [0.29, 0.717) is 6.04 Å². The van der Waals surface area contributed by atoms with Gasteiger partial charge >= 0.3 is 0 Å². The Morgan fingerprint density at radius 3 is 2.43 bits per heavy atom. The van der Waals surface area contributed by atoms with Crippen molar-refractivity contribution in [2.45, 2.75) is 77.3 Å². The van der Waals surface area contributed by atoms with E-state index in [1.807, 2.05) is 0 Å². The summed E-state index contributed by atoms with van der Waals surface area (Å²) in [6.07, 6.45) is 10.7. The van der Waals surface area contributed by atoms with E-state index >= 15 is 0 Å². The molecule has 1 N–H and O–H groups in total. The zero-order chi connectivity index (χ0) is 15.1. The molecule has 0 aliphatic carbocycles. The van der Waals surface area contributed by atoms with Gasteiger partial charge in [-0.2, -0.15) is 0 Å². The SMILES string of the molecule is CCCNC(C1=COCCC1)C(CC)(CC)N1CCCC1. The summed E-state index contributed by atoms with van der Waals surface area (Å²) in [5.74, 6) is 0. The van der Waals surface area contributed by atoms with Crippen LogP contribution in [0, 0.1) is 0 Å². The number of nitrogens with one attached hydrogen (secondary N) is 1. The summed E-state index contributed by atoms with van der Waals surface area (Å²) >= 11 is 0. The molecule has 0 aromatic rings. The molecular weight excluding hydrogens is 260 g/mol. The van der Waals surface area contributed by atoms with Crippen LogP contribution in [-0.2, 0) is 4.74 Å². The van der Waals surface area contributed by atoms with Gasteiger partial charge < -0.3 is 10.1 Å². The first-order valence-corrected chi connectivity index (χ1v) is 9.07. The highest BCUT2D eigenvalue weighted by Gasteiger charge is 2.43. The third-order valence-electron chi connectivity index (χ3n) is 5.43. The molecule has 0 aromatic heterocycles. The lowest BCUT2D eigenvalue weighted by atomic mass is 9.77. The largest absolute Gasteiger partial charge is 0.501 e. The van der Waals surface area contributed by atoms with E-state index in [-0.39, 0.29) is 5.54 Å². The van der Waals surface area contributed by atoms with Crippen molar-refractivity contribution >= 4 is 0 Å². The number of nitrogens with zero attached hydrogens (tertiary/aromatic N) is 1. The van der Waals surface area contributed by atoms with E-state index in [9.17, 15) is 0 Å². The van der Waals surface area contributed by atoms with Crippen LogP contribution in [-0.4, -0.2) is 42.7 Å². The van der Waals surface area contributed by atoms with Gasteiger partial charge in [0, 0.05) is 11.6 Å². The maximum atomic E-state index is 5.67. The zero-order valence-corrected chi connectivity index (χ0v) is 14.3. The molecule has 0 amide bonds. The molecule has 0 bridgehead atoms. The lowest BCUT2D eigenvalue weighted by molar-refractivity contribution is 0.0693. The lowest BCUT2D eigenvalue weighted by Gasteiger charge is -2.48. The van der Waals surface area contributed by atoms with Crippen LogP contribution in [0.3, 0.4) is 0 Å². The van der Waals surface area contributed by atoms with Crippen LogP contribution in [0.5, 0.6) is 0 Å². The third kappa shape index (κ3) is 3.62. The highest BCUT2D eigenvalue weighted by atomic mass is 16.5. The van der Waals surface area contributed by atoms with Crippen molar-refractivity contribution in [2.24, 2.45) is 0 Å². The van der Waals surface area contributed by atoms with Crippen LogP contribution in [0.25, 0.3) is 0 Å². The Morgan fingerprint density at radius 1 is 1.19 bits per heavy atom. The molecular formula is C18H34N2O. The second-order valence-corrected chi connectivity index (χ2v) is 6.56. The van der Waals surface area contributed by atoms with E-state index in [1.54, 1.807) is 0 Å². The monoisotopic (exact) mass is 294 g/mol. The molecule has 1 saturated heterocycles. The second-order valence-electron chi connectivity index (χ2n) is 6.56. The average Bonchev–Trinajstić information content (AvgIpc) is 3.07. The Balaban J connectivity index is 2.26. The van der Waals surface area contributed by atoms with E-state index in [2.05, 4.69) is 37.2 Å². The molecule has 2 aliphatic heterocycles. The molecule has 21 heavy (non-hydrogen) atoms. The molecule has 1 unspecified atom stereocenters. The van der Waals surface area contributed by atoms with Crippen LogP contribution in [0.4, 0.5) is 0 Å². The van der Waals surface area contributed by atoms with E-state index in [0.717, 1.165) is 13.2 Å². The molecule has 0 aromatic carbocycles. The standard InChI is InChI=1S/C18H34N2O/c1-4-11-19-17(16-10-9-14-21-15-16)18(5-2,6-3)20-12-7-8-13-20/h15,17,19H,4-14H2,1-3H3. The summed E-state index contributed by atoms with van der Waals surface area (Å²) in [6.45, 7) is 11.5. The summed E-state index contributed by atoms with van der Waals surface area (Å²) in [5.41, 5.74) is 1.75. The predicted molar refractivity (Wildman–Crippen MR) is 89.5 cm³/mol. The van der Waals surface area contributed by atoms with Crippen molar-refractivity contribution in [1.82, 2.24) is 10.2 Å². The first kappa shape index (κ1) is 16.8. The lowest BCUT2D eigenvalue weighted by Crippen LogP contribution is -2.61. The quantitative estimate of drug-likeness (QED) is 0.738. The van der Waals surface area contributed by atoms with Gasteiger partial charge in [-0.15, -0.1) is 0 Å². The molecule has 2 aliphatic rings. The Kier molecular flexibility index (Phi) is 6.56. The van der Waals surface area contributed by atoms with Gasteiger partial charge in [0.25, 0.3) is 0 Å². The zero-order valence-electron chi connectivity index (χ0n) is 14.3. The molecule has 122 valence electrons. The third-order valence-corrected chi connectivity index (χ3v) is 5.43. The van der Waals surface area contributed by atoms with Gasteiger partial charge in [0.15, 0.2) is 0 Å². The smallest absolute Gasteiger partial charge is 0.0876 e. The summed E-state index contributed by atoms with van der Waals surface area (Å²) in [7, 11) is 0. The number of hydrogen-bond donors (Lipinski definition) is 1. The van der Waals surface area contributed by atoms with Gasteiger partial charge in [-0.3, -0.25) is 4.90 Å². The summed E-state index contributed by atoms with van der Waals surface area (Å²) in [6, 6.07) is 0.450. The molecule has 2 rings (SSSR count). The highest BCUT2D eigenvalue weighted by Crippen LogP contribution is 2.36. The molecule has 0 radical (unpaired) electrons. The molecule has 3 nitrogen and oxygen atoms in total. The number of likely N-dealkylation sites (tertiary alicyclic amines) is 1. The summed E-state index contributed by atoms with van der Waals surface area (Å²) < 4.78 is 5.67. The van der Waals surface area contributed by atoms with Crippen LogP contribution >= 0.6 is 0 Å². The minimum Gasteiger partial charge on any atom is -0.501 e. The molecule has 1 atom stereocenters. The van der Waals surface area contributed by atoms with E-state index in [4.69, 9.17) is 4.74 Å². The summed E-state index contributed by atoms with van der Waals surface area (Å²) in [5, 5.41) is 3.87. The van der Waals surface area contributed by atoms with Crippen molar-refractivity contribution in [3.05, 3.63) is 11.8 Å². The Labute approximate surface area is 131 Å². The van der Waals surface area contributed by atoms with Crippen LogP contribution in [0.2, 0.25) is 0 Å². The fourth-order valence-corrected chi connectivity index (χ4v) is 4.20. The number of ether oxygens (including phenoxy) is 1. The van der Waals surface area contributed by atoms with Crippen molar-refractivity contribution in [3.8, 4) is 0 Å². The van der Waals surface area contributed by atoms with Crippen molar-refractivity contribution < 1.29 is 4.74 Å². The Bertz CT molecular complexity index is 330. The average molecular weight is 294 g/mol. The van der Waals surface area contributed by atoms with Crippen molar-refractivity contribution in [3.63, 3.8) is 0 Å². The maximum absolute atomic E-state index is 5.67. The van der Waals surface area contributed by atoms with Crippen LogP contribution in [0.1, 0.15) is 65.7 Å². The normalized spacial score (nSPS) is 22.0. The van der Waals surface area contributed by atoms with E-state index < -0.39 is 0 Å². The topological polar surface area (TPSA) is 24.5 Å². The minimum absolute atomic E-state index is 0.262. The van der Waals surface area contributed by atoms with Crippen LogP contribution < -0.4 is 5.32 Å². The molecule has 2 heterocycles. The molecule has 0 spiro atoms. The summed E-state index contributed by atoms with van der Waals surface area (Å²) in [4.78, 5) is 2.76. The van der Waals surface area contributed by atoms with Gasteiger partial charge in [0.1, 0.15) is 0 Å². The Morgan fingerprint density at radius 2 is 1.90 bits per heavy atom. The van der Waals surface area contributed by atoms with Crippen molar-refractivity contribution in [2.75, 3.05) is 26.2 Å². The van der Waals surface area contributed by atoms with E-state index in [1.165, 1.54) is 63.6 Å². The van der Waals surface area contributed by atoms with Gasteiger partial charge in [-0.05, 0) is 70.2 Å². The molecule has 1 fully saturated rings. The highest BCUT2D eigenvalue weighted by molar-refractivity contribution is 5.20. The van der Waals surface area contributed by atoms with Gasteiger partial charge in [0.2, 0.25) is 0 Å². The fourth-order valence-electron chi connectivity index (χ4n) is 4.20. The first-order chi connectivity index (χ1) is 10.3. The Hall–Kier alpha value is -0.540. The minimum atomic E-state index is 0.262. The van der Waals surface area contributed by atoms with Gasteiger partial charge in [-0.1, -0.05) is 20.8 Å².